The van der Waals surface area contributed by atoms with Gasteiger partial charge in [-0.05, 0) is 26.3 Å². The molecular formula is C12H23N3O2. The van der Waals surface area contributed by atoms with Gasteiger partial charge in [-0.3, -0.25) is 9.59 Å². The topological polar surface area (TPSA) is 52.7 Å². The molecule has 5 heteroatoms. The molecule has 0 bridgehead atoms. The number of carbonyl (C=O) groups excluding carboxylic acids is 2. The van der Waals surface area contributed by atoms with E-state index in [2.05, 4.69) is 5.32 Å². The van der Waals surface area contributed by atoms with Crippen molar-refractivity contribution >= 4 is 11.8 Å². The van der Waals surface area contributed by atoms with Crippen molar-refractivity contribution in [1.82, 2.24) is 15.1 Å². The first kappa shape index (κ1) is 14.0. The minimum atomic E-state index is -0.0241. The number of rotatable bonds is 4. The van der Waals surface area contributed by atoms with Gasteiger partial charge in [0.05, 0.1) is 12.5 Å². The molecular weight excluding hydrogens is 218 g/mol. The summed E-state index contributed by atoms with van der Waals surface area (Å²) in [4.78, 5) is 27.0. The Balaban J connectivity index is 2.53. The molecule has 1 aliphatic rings. The third-order valence-corrected chi connectivity index (χ3v) is 3.16. The highest BCUT2D eigenvalue weighted by atomic mass is 16.2. The molecule has 2 amide bonds. The quantitative estimate of drug-likeness (QED) is 0.749. The molecule has 98 valence electrons. The fourth-order valence-electron chi connectivity index (χ4n) is 1.97. The zero-order valence-corrected chi connectivity index (χ0v) is 11.0. The van der Waals surface area contributed by atoms with Crippen LogP contribution in [0, 0.1) is 5.92 Å². The first-order valence-corrected chi connectivity index (χ1v) is 6.26. The smallest absolute Gasteiger partial charge is 0.241 e. The highest BCUT2D eigenvalue weighted by Gasteiger charge is 2.26. The van der Waals surface area contributed by atoms with Gasteiger partial charge in [-0.1, -0.05) is 0 Å². The van der Waals surface area contributed by atoms with E-state index in [0.29, 0.717) is 6.54 Å². The van der Waals surface area contributed by atoms with Crippen molar-refractivity contribution in [2.75, 3.05) is 40.3 Å². The van der Waals surface area contributed by atoms with Gasteiger partial charge in [0.1, 0.15) is 0 Å². The largest absolute Gasteiger partial charge is 0.347 e. The van der Waals surface area contributed by atoms with Crippen LogP contribution in [0.3, 0.4) is 0 Å². The standard InChI is InChI=1S/C12H23N3O2/c1-4-15(9-11(16)14(2)3)12(17)10-6-5-7-13-8-10/h10,13H,4-9H2,1-3H3. The second-order valence-corrected chi connectivity index (χ2v) is 4.68. The SMILES string of the molecule is CCN(CC(=O)N(C)C)C(=O)C1CCCNC1. The molecule has 0 radical (unpaired) electrons. The highest BCUT2D eigenvalue weighted by molar-refractivity contribution is 5.85. The predicted molar refractivity (Wildman–Crippen MR) is 66.5 cm³/mol. The minimum absolute atomic E-state index is 0.0241. The number of amides is 2. The summed E-state index contributed by atoms with van der Waals surface area (Å²) in [5, 5.41) is 3.23. The first-order chi connectivity index (χ1) is 8.06. The second kappa shape index (κ2) is 6.59. The average molecular weight is 241 g/mol. The molecule has 1 heterocycles. The third kappa shape index (κ3) is 4.00. The van der Waals surface area contributed by atoms with Gasteiger partial charge in [0.2, 0.25) is 11.8 Å². The van der Waals surface area contributed by atoms with Crippen LogP contribution >= 0.6 is 0 Å². The molecule has 0 aromatic rings. The molecule has 0 aromatic heterocycles. The van der Waals surface area contributed by atoms with Crippen molar-refractivity contribution in [2.45, 2.75) is 19.8 Å². The summed E-state index contributed by atoms with van der Waals surface area (Å²) in [6.45, 7) is 4.43. The minimum Gasteiger partial charge on any atom is -0.347 e. The lowest BCUT2D eigenvalue weighted by Crippen LogP contribution is -2.46. The number of carbonyl (C=O) groups is 2. The van der Waals surface area contributed by atoms with Crippen molar-refractivity contribution in [2.24, 2.45) is 5.92 Å². The Bertz CT molecular complexity index is 273. The summed E-state index contributed by atoms with van der Waals surface area (Å²) in [7, 11) is 3.42. The lowest BCUT2D eigenvalue weighted by molar-refractivity contribution is -0.142. The molecule has 17 heavy (non-hydrogen) atoms. The van der Waals surface area contributed by atoms with E-state index in [0.717, 1.165) is 25.9 Å². The van der Waals surface area contributed by atoms with Crippen LogP contribution in [0.4, 0.5) is 0 Å². The average Bonchev–Trinajstić information content (AvgIpc) is 2.35. The van der Waals surface area contributed by atoms with Crippen molar-refractivity contribution in [3.63, 3.8) is 0 Å². The van der Waals surface area contributed by atoms with Gasteiger partial charge in [0.15, 0.2) is 0 Å². The summed E-state index contributed by atoms with van der Waals surface area (Å²) in [5.74, 6) is 0.123. The van der Waals surface area contributed by atoms with E-state index in [1.165, 1.54) is 4.90 Å². The Labute approximate surface area is 103 Å². The molecule has 1 aliphatic heterocycles. The maximum atomic E-state index is 12.2. The van der Waals surface area contributed by atoms with Crippen molar-refractivity contribution in [3.05, 3.63) is 0 Å². The fraction of sp³-hybridized carbons (Fsp3) is 0.833. The Morgan fingerprint density at radius 1 is 1.35 bits per heavy atom. The number of nitrogens with zero attached hydrogens (tertiary/aromatic N) is 2. The van der Waals surface area contributed by atoms with Gasteiger partial charge in [0, 0.05) is 27.2 Å². The normalized spacial score (nSPS) is 19.8. The van der Waals surface area contributed by atoms with Gasteiger partial charge < -0.3 is 15.1 Å². The molecule has 1 atom stereocenters. The molecule has 1 saturated heterocycles. The maximum Gasteiger partial charge on any atom is 0.241 e. The van der Waals surface area contributed by atoms with Crippen LogP contribution in [0.5, 0.6) is 0 Å². The van der Waals surface area contributed by atoms with E-state index in [1.54, 1.807) is 19.0 Å². The fourth-order valence-corrected chi connectivity index (χ4v) is 1.97. The van der Waals surface area contributed by atoms with Crippen molar-refractivity contribution in [3.8, 4) is 0 Å². The van der Waals surface area contributed by atoms with Gasteiger partial charge in [-0.15, -0.1) is 0 Å². The van der Waals surface area contributed by atoms with Crippen LogP contribution in [0.1, 0.15) is 19.8 Å². The third-order valence-electron chi connectivity index (χ3n) is 3.16. The number of nitrogens with one attached hydrogen (secondary N) is 1. The van der Waals surface area contributed by atoms with Crippen LogP contribution in [0.25, 0.3) is 0 Å². The Kier molecular flexibility index (Phi) is 5.41. The van der Waals surface area contributed by atoms with Crippen LogP contribution in [0.2, 0.25) is 0 Å². The lowest BCUT2D eigenvalue weighted by Gasteiger charge is -2.29. The zero-order chi connectivity index (χ0) is 12.8. The summed E-state index contributed by atoms with van der Waals surface area (Å²) in [6.07, 6.45) is 1.97. The van der Waals surface area contributed by atoms with E-state index >= 15 is 0 Å². The number of hydrogen-bond acceptors (Lipinski definition) is 3. The highest BCUT2D eigenvalue weighted by Crippen LogP contribution is 2.13. The van der Waals surface area contributed by atoms with Crippen LogP contribution in [-0.4, -0.2) is 61.9 Å². The predicted octanol–water partition coefficient (Wildman–Crippen LogP) is -0.0773. The van der Waals surface area contributed by atoms with Gasteiger partial charge in [-0.25, -0.2) is 0 Å². The molecule has 0 spiro atoms. The van der Waals surface area contributed by atoms with Gasteiger partial charge >= 0.3 is 0 Å². The van der Waals surface area contributed by atoms with Crippen LogP contribution < -0.4 is 5.32 Å². The van der Waals surface area contributed by atoms with Crippen molar-refractivity contribution in [1.29, 1.82) is 0 Å². The van der Waals surface area contributed by atoms with E-state index in [-0.39, 0.29) is 24.3 Å². The molecule has 1 rings (SSSR count). The van der Waals surface area contributed by atoms with Crippen LogP contribution in [0.15, 0.2) is 0 Å². The number of likely N-dealkylation sites (N-methyl/N-ethyl adjacent to an activating group) is 2. The van der Waals surface area contributed by atoms with E-state index < -0.39 is 0 Å². The summed E-state index contributed by atoms with van der Waals surface area (Å²) < 4.78 is 0. The second-order valence-electron chi connectivity index (χ2n) is 4.68. The van der Waals surface area contributed by atoms with Gasteiger partial charge in [0.25, 0.3) is 0 Å². The van der Waals surface area contributed by atoms with Crippen molar-refractivity contribution < 1.29 is 9.59 Å². The first-order valence-electron chi connectivity index (χ1n) is 6.26. The summed E-state index contributed by atoms with van der Waals surface area (Å²) >= 11 is 0. The monoisotopic (exact) mass is 241 g/mol. The Morgan fingerprint density at radius 2 is 2.06 bits per heavy atom. The lowest BCUT2D eigenvalue weighted by atomic mass is 9.98. The molecule has 1 fully saturated rings. The summed E-state index contributed by atoms with van der Waals surface area (Å²) in [6, 6.07) is 0. The molecule has 0 saturated carbocycles. The van der Waals surface area contributed by atoms with Crippen LogP contribution in [-0.2, 0) is 9.59 Å². The zero-order valence-electron chi connectivity index (χ0n) is 11.0. The van der Waals surface area contributed by atoms with E-state index in [4.69, 9.17) is 0 Å². The summed E-state index contributed by atoms with van der Waals surface area (Å²) in [5.41, 5.74) is 0. The molecule has 0 aromatic carbocycles. The molecule has 1 unspecified atom stereocenters. The Morgan fingerprint density at radius 3 is 2.53 bits per heavy atom. The van der Waals surface area contributed by atoms with E-state index in [1.807, 2.05) is 6.92 Å². The molecule has 0 aliphatic carbocycles. The number of piperidine rings is 1. The Hall–Kier alpha value is -1.10. The van der Waals surface area contributed by atoms with E-state index in [9.17, 15) is 9.59 Å². The van der Waals surface area contributed by atoms with Gasteiger partial charge in [-0.2, -0.15) is 0 Å². The molecule has 1 N–H and O–H groups in total. The maximum absolute atomic E-state index is 12.2. The molecule has 5 nitrogen and oxygen atoms in total. The number of hydrogen-bond donors (Lipinski definition) is 1.